The molecule has 0 aliphatic heterocycles. The number of halogens is 1. The largest absolute Gasteiger partial charge is 0.398 e. The summed E-state index contributed by atoms with van der Waals surface area (Å²) in [6.07, 6.45) is 6.74. The average molecular weight is 263 g/mol. The van der Waals surface area contributed by atoms with Crippen LogP contribution >= 0.6 is 11.6 Å². The van der Waals surface area contributed by atoms with Crippen LogP contribution in [0, 0.1) is 0 Å². The van der Waals surface area contributed by atoms with Gasteiger partial charge in [0.25, 0.3) is 0 Å². The van der Waals surface area contributed by atoms with E-state index in [2.05, 4.69) is 14.8 Å². The third-order valence-electron chi connectivity index (χ3n) is 3.55. The summed E-state index contributed by atoms with van der Waals surface area (Å²) in [6.45, 7) is 0. The van der Waals surface area contributed by atoms with Crippen LogP contribution in [0.3, 0.4) is 0 Å². The standard InChI is InChI=1S/C13H15ClN4/c14-9-5-6-11(12(15)7-9)13-17-16-8-18(13)10-3-1-2-4-10/h5-8,10H,1-4,15H2. The van der Waals surface area contributed by atoms with Gasteiger partial charge in [-0.25, -0.2) is 0 Å². The highest BCUT2D eigenvalue weighted by molar-refractivity contribution is 6.31. The topological polar surface area (TPSA) is 56.7 Å². The Morgan fingerprint density at radius 2 is 2.06 bits per heavy atom. The smallest absolute Gasteiger partial charge is 0.166 e. The summed E-state index contributed by atoms with van der Waals surface area (Å²) in [5.41, 5.74) is 7.57. The highest BCUT2D eigenvalue weighted by Gasteiger charge is 2.21. The zero-order valence-electron chi connectivity index (χ0n) is 10.0. The summed E-state index contributed by atoms with van der Waals surface area (Å²) in [5, 5.41) is 8.88. The Morgan fingerprint density at radius 3 is 2.78 bits per heavy atom. The van der Waals surface area contributed by atoms with Crippen LogP contribution in [0.15, 0.2) is 24.5 Å². The normalized spacial score (nSPS) is 16.3. The molecule has 4 nitrogen and oxygen atoms in total. The lowest BCUT2D eigenvalue weighted by Crippen LogP contribution is -2.06. The van der Waals surface area contributed by atoms with E-state index in [4.69, 9.17) is 17.3 Å². The van der Waals surface area contributed by atoms with E-state index >= 15 is 0 Å². The molecule has 2 N–H and O–H groups in total. The van der Waals surface area contributed by atoms with Gasteiger partial charge in [0.2, 0.25) is 0 Å². The first kappa shape index (κ1) is 11.5. The van der Waals surface area contributed by atoms with Gasteiger partial charge in [-0.05, 0) is 31.0 Å². The Bertz CT molecular complexity index is 558. The second-order valence-corrected chi connectivity index (χ2v) is 5.17. The van der Waals surface area contributed by atoms with Crippen LogP contribution in [-0.2, 0) is 0 Å². The Kier molecular flexibility index (Phi) is 2.96. The van der Waals surface area contributed by atoms with E-state index in [9.17, 15) is 0 Å². The number of nitrogens with zero attached hydrogens (tertiary/aromatic N) is 3. The second-order valence-electron chi connectivity index (χ2n) is 4.73. The van der Waals surface area contributed by atoms with E-state index in [1.165, 1.54) is 25.7 Å². The molecule has 18 heavy (non-hydrogen) atoms. The van der Waals surface area contributed by atoms with Crippen molar-refractivity contribution < 1.29 is 0 Å². The quantitative estimate of drug-likeness (QED) is 0.845. The summed E-state index contributed by atoms with van der Waals surface area (Å²) in [4.78, 5) is 0. The fourth-order valence-corrected chi connectivity index (χ4v) is 2.80. The molecule has 5 heteroatoms. The zero-order chi connectivity index (χ0) is 12.5. The number of aromatic nitrogens is 3. The minimum Gasteiger partial charge on any atom is -0.398 e. The molecule has 0 radical (unpaired) electrons. The molecule has 94 valence electrons. The lowest BCUT2D eigenvalue weighted by Gasteiger charge is -2.14. The lowest BCUT2D eigenvalue weighted by atomic mass is 10.1. The van der Waals surface area contributed by atoms with Crippen molar-refractivity contribution >= 4 is 17.3 Å². The molecule has 3 rings (SSSR count). The van der Waals surface area contributed by atoms with E-state index in [0.29, 0.717) is 16.8 Å². The van der Waals surface area contributed by atoms with Crippen molar-refractivity contribution in [1.29, 1.82) is 0 Å². The number of rotatable bonds is 2. The van der Waals surface area contributed by atoms with E-state index in [0.717, 1.165) is 11.4 Å². The maximum Gasteiger partial charge on any atom is 0.166 e. The first-order valence-corrected chi connectivity index (χ1v) is 6.58. The van der Waals surface area contributed by atoms with E-state index in [-0.39, 0.29) is 0 Å². The lowest BCUT2D eigenvalue weighted by molar-refractivity contribution is 0.522. The van der Waals surface area contributed by atoms with Crippen LogP contribution < -0.4 is 5.73 Å². The van der Waals surface area contributed by atoms with Gasteiger partial charge in [0.05, 0.1) is 0 Å². The first-order chi connectivity index (χ1) is 8.75. The van der Waals surface area contributed by atoms with Gasteiger partial charge in [-0.2, -0.15) is 0 Å². The van der Waals surface area contributed by atoms with Gasteiger partial charge in [-0.15, -0.1) is 10.2 Å². The number of nitrogen functional groups attached to an aromatic ring is 1. The van der Waals surface area contributed by atoms with Gasteiger partial charge < -0.3 is 10.3 Å². The Hall–Kier alpha value is -1.55. The maximum absolute atomic E-state index is 6.01. The van der Waals surface area contributed by atoms with Crippen molar-refractivity contribution in [3.8, 4) is 11.4 Å². The van der Waals surface area contributed by atoms with Gasteiger partial charge in [-0.1, -0.05) is 24.4 Å². The summed E-state index contributed by atoms with van der Waals surface area (Å²) in [6, 6.07) is 6.00. The third kappa shape index (κ3) is 1.97. The van der Waals surface area contributed by atoms with Gasteiger partial charge >= 0.3 is 0 Å². The minimum atomic E-state index is 0.505. The molecule has 0 bridgehead atoms. The van der Waals surface area contributed by atoms with E-state index in [1.807, 2.05) is 12.1 Å². The third-order valence-corrected chi connectivity index (χ3v) is 3.78. The van der Waals surface area contributed by atoms with Gasteiger partial charge in [0.1, 0.15) is 6.33 Å². The van der Waals surface area contributed by atoms with Crippen molar-refractivity contribution in [2.24, 2.45) is 0 Å². The van der Waals surface area contributed by atoms with Crippen LogP contribution in [0.1, 0.15) is 31.7 Å². The zero-order valence-corrected chi connectivity index (χ0v) is 10.8. The summed E-state index contributed by atoms with van der Waals surface area (Å²) in [5.74, 6) is 0.844. The molecule has 1 aromatic carbocycles. The molecule has 0 atom stereocenters. The molecular formula is C13H15ClN4. The number of hydrogen-bond acceptors (Lipinski definition) is 3. The molecule has 2 aromatic rings. The Morgan fingerprint density at radius 1 is 1.28 bits per heavy atom. The van der Waals surface area contributed by atoms with Gasteiger partial charge in [0.15, 0.2) is 5.82 Å². The van der Waals surface area contributed by atoms with E-state index in [1.54, 1.807) is 12.4 Å². The molecule has 0 saturated heterocycles. The number of anilines is 1. The average Bonchev–Trinajstić information content (AvgIpc) is 2.98. The summed E-state index contributed by atoms with van der Waals surface area (Å²) in [7, 11) is 0. The van der Waals surface area contributed by atoms with Crippen LogP contribution in [-0.4, -0.2) is 14.8 Å². The fraction of sp³-hybridized carbons (Fsp3) is 0.385. The SMILES string of the molecule is Nc1cc(Cl)ccc1-c1nncn1C1CCCC1. The highest BCUT2D eigenvalue weighted by Crippen LogP contribution is 2.34. The van der Waals surface area contributed by atoms with Crippen LogP contribution in [0.5, 0.6) is 0 Å². The van der Waals surface area contributed by atoms with Gasteiger partial charge in [-0.3, -0.25) is 0 Å². The maximum atomic E-state index is 6.01. The first-order valence-electron chi connectivity index (χ1n) is 6.20. The molecule has 1 aliphatic rings. The molecule has 1 aromatic heterocycles. The van der Waals surface area contributed by atoms with Crippen molar-refractivity contribution in [2.45, 2.75) is 31.7 Å². The summed E-state index contributed by atoms with van der Waals surface area (Å²) < 4.78 is 2.15. The molecular weight excluding hydrogens is 248 g/mol. The fourth-order valence-electron chi connectivity index (χ4n) is 2.62. The number of nitrogens with two attached hydrogens (primary N) is 1. The molecule has 1 saturated carbocycles. The Labute approximate surface area is 111 Å². The van der Waals surface area contributed by atoms with Crippen molar-refractivity contribution in [2.75, 3.05) is 5.73 Å². The van der Waals surface area contributed by atoms with Crippen LogP contribution in [0.25, 0.3) is 11.4 Å². The predicted octanol–water partition coefficient (Wildman–Crippen LogP) is 3.30. The molecule has 1 fully saturated rings. The minimum absolute atomic E-state index is 0.505. The summed E-state index contributed by atoms with van der Waals surface area (Å²) >= 11 is 5.92. The van der Waals surface area contributed by atoms with E-state index < -0.39 is 0 Å². The highest BCUT2D eigenvalue weighted by atomic mass is 35.5. The number of benzene rings is 1. The second kappa shape index (κ2) is 4.61. The molecule has 0 unspecified atom stereocenters. The number of hydrogen-bond donors (Lipinski definition) is 1. The Balaban J connectivity index is 2.03. The predicted molar refractivity (Wildman–Crippen MR) is 72.4 cm³/mol. The van der Waals surface area contributed by atoms with Crippen LogP contribution in [0.4, 0.5) is 5.69 Å². The molecule has 1 aliphatic carbocycles. The molecule has 1 heterocycles. The van der Waals surface area contributed by atoms with Crippen molar-refractivity contribution in [3.63, 3.8) is 0 Å². The van der Waals surface area contributed by atoms with Crippen molar-refractivity contribution in [1.82, 2.24) is 14.8 Å². The van der Waals surface area contributed by atoms with Crippen molar-refractivity contribution in [3.05, 3.63) is 29.5 Å². The molecule has 0 spiro atoms. The van der Waals surface area contributed by atoms with Crippen LogP contribution in [0.2, 0.25) is 5.02 Å². The molecule has 0 amide bonds. The van der Waals surface area contributed by atoms with Gasteiger partial charge in [0, 0.05) is 22.3 Å². The monoisotopic (exact) mass is 262 g/mol.